The zero-order chi connectivity index (χ0) is 24.8. The van der Waals surface area contributed by atoms with E-state index in [1.165, 1.54) is 0 Å². The normalized spacial score (nSPS) is 12.2. The molecule has 2 aromatic heterocycles. The summed E-state index contributed by atoms with van der Waals surface area (Å²) in [6.45, 7) is 0. The van der Waals surface area contributed by atoms with E-state index in [-0.39, 0.29) is 21.6 Å². The maximum Gasteiger partial charge on any atom is 0.354 e. The van der Waals surface area contributed by atoms with Gasteiger partial charge in [0.15, 0.2) is 11.3 Å². The van der Waals surface area contributed by atoms with E-state index in [4.69, 9.17) is 9.15 Å². The van der Waals surface area contributed by atoms with E-state index in [2.05, 4.69) is 0 Å². The highest BCUT2D eigenvalue weighted by Gasteiger charge is 2.29. The predicted octanol–water partition coefficient (Wildman–Crippen LogP) is 5.57. The van der Waals surface area contributed by atoms with Crippen LogP contribution in [0.15, 0.2) is 103 Å². The average Bonchev–Trinajstić information content (AvgIpc) is 2.91. The SMILES string of the molecule is COc1ccc(Sc2c(O)c3c(=O)n(-c4ccccc4)c4c(c3oc2=O)CCc2ccccc2-4)cc1. The molecular formula is C29H21NO5S. The number of rotatable bonds is 4. The zero-order valence-corrected chi connectivity index (χ0v) is 20.2. The molecule has 0 atom stereocenters. The lowest BCUT2D eigenvalue weighted by atomic mass is 9.87. The standard InChI is InChI=1S/C29H21NO5S/c1-34-19-12-14-20(15-13-19)36-27-25(31)23-26(35-29(27)33)22-16-11-17-7-5-6-10-21(17)24(22)30(28(23)32)18-8-3-2-4-9-18/h2-10,12-15,31H,11,16H2,1H3. The minimum absolute atomic E-state index is 0.00703. The highest BCUT2D eigenvalue weighted by molar-refractivity contribution is 7.99. The van der Waals surface area contributed by atoms with Crippen molar-refractivity contribution in [1.82, 2.24) is 4.57 Å². The predicted molar refractivity (Wildman–Crippen MR) is 140 cm³/mol. The van der Waals surface area contributed by atoms with Gasteiger partial charge in [0.1, 0.15) is 16.0 Å². The fourth-order valence-corrected chi connectivity index (χ4v) is 5.63. The first-order valence-electron chi connectivity index (χ1n) is 11.5. The Hall–Kier alpha value is -4.23. The highest BCUT2D eigenvalue weighted by atomic mass is 32.2. The fourth-order valence-electron chi connectivity index (χ4n) is 4.79. The van der Waals surface area contributed by atoms with E-state index in [1.54, 1.807) is 35.9 Å². The van der Waals surface area contributed by atoms with Gasteiger partial charge in [0.25, 0.3) is 5.56 Å². The minimum Gasteiger partial charge on any atom is -0.505 e. The van der Waals surface area contributed by atoms with Gasteiger partial charge in [-0.3, -0.25) is 9.36 Å². The molecule has 1 N–H and O–H groups in total. The number of aromatic nitrogens is 1. The molecule has 7 heteroatoms. The molecule has 0 radical (unpaired) electrons. The van der Waals surface area contributed by atoms with Crippen LogP contribution in [0.5, 0.6) is 11.5 Å². The molecule has 36 heavy (non-hydrogen) atoms. The van der Waals surface area contributed by atoms with Crippen molar-refractivity contribution in [1.29, 1.82) is 0 Å². The summed E-state index contributed by atoms with van der Waals surface area (Å²) in [6, 6.07) is 24.3. The van der Waals surface area contributed by atoms with Crippen LogP contribution in [0.2, 0.25) is 0 Å². The average molecular weight is 496 g/mol. The van der Waals surface area contributed by atoms with E-state index in [9.17, 15) is 14.7 Å². The Bertz CT molecular complexity index is 1740. The number of pyridine rings is 1. The molecule has 6 nitrogen and oxygen atoms in total. The van der Waals surface area contributed by atoms with Gasteiger partial charge in [0.2, 0.25) is 0 Å². The molecule has 0 saturated carbocycles. The van der Waals surface area contributed by atoms with E-state index >= 15 is 0 Å². The minimum atomic E-state index is -0.682. The van der Waals surface area contributed by atoms with E-state index in [1.807, 2.05) is 54.6 Å². The van der Waals surface area contributed by atoms with Gasteiger partial charge in [-0.2, -0.15) is 0 Å². The topological polar surface area (TPSA) is 81.7 Å². The van der Waals surface area contributed by atoms with Crippen LogP contribution >= 0.6 is 11.8 Å². The molecule has 0 fully saturated rings. The monoisotopic (exact) mass is 495 g/mol. The van der Waals surface area contributed by atoms with Crippen molar-refractivity contribution in [2.75, 3.05) is 7.11 Å². The van der Waals surface area contributed by atoms with Crippen LogP contribution in [-0.2, 0) is 12.8 Å². The number of hydrogen-bond acceptors (Lipinski definition) is 6. The fraction of sp³-hybridized carbons (Fsp3) is 0.103. The lowest BCUT2D eigenvalue weighted by Gasteiger charge is -2.25. The molecule has 0 bridgehead atoms. The van der Waals surface area contributed by atoms with Crippen molar-refractivity contribution in [2.24, 2.45) is 0 Å². The Morgan fingerprint density at radius 1 is 0.917 bits per heavy atom. The van der Waals surface area contributed by atoms with Crippen molar-refractivity contribution >= 4 is 22.7 Å². The molecule has 3 aromatic carbocycles. The highest BCUT2D eigenvalue weighted by Crippen LogP contribution is 2.41. The lowest BCUT2D eigenvalue weighted by molar-refractivity contribution is 0.414. The number of para-hydroxylation sites is 1. The Balaban J connectivity index is 1.66. The van der Waals surface area contributed by atoms with Crippen LogP contribution in [0.3, 0.4) is 0 Å². The number of benzene rings is 3. The summed E-state index contributed by atoms with van der Waals surface area (Å²) in [4.78, 5) is 27.8. The number of nitrogens with zero attached hydrogens (tertiary/aromatic N) is 1. The summed E-state index contributed by atoms with van der Waals surface area (Å²) >= 11 is 1.05. The van der Waals surface area contributed by atoms with Crippen LogP contribution in [0.1, 0.15) is 11.1 Å². The Morgan fingerprint density at radius 2 is 1.64 bits per heavy atom. The van der Waals surface area contributed by atoms with E-state index in [0.29, 0.717) is 28.4 Å². The molecular weight excluding hydrogens is 474 g/mol. The number of ether oxygens (including phenoxy) is 1. The summed E-state index contributed by atoms with van der Waals surface area (Å²) in [6.07, 6.45) is 1.31. The van der Waals surface area contributed by atoms with E-state index in [0.717, 1.165) is 34.9 Å². The number of methoxy groups -OCH3 is 1. The van der Waals surface area contributed by atoms with Gasteiger partial charge >= 0.3 is 5.63 Å². The van der Waals surface area contributed by atoms with Crippen LogP contribution in [0.4, 0.5) is 0 Å². The van der Waals surface area contributed by atoms with Crippen molar-refractivity contribution in [3.8, 4) is 28.4 Å². The number of aryl methyl sites for hydroxylation is 2. The summed E-state index contributed by atoms with van der Waals surface area (Å²) < 4.78 is 12.6. The first-order chi connectivity index (χ1) is 17.6. The lowest BCUT2D eigenvalue weighted by Crippen LogP contribution is -2.25. The maximum atomic E-state index is 14.0. The van der Waals surface area contributed by atoms with Gasteiger partial charge in [0, 0.05) is 21.7 Å². The largest absolute Gasteiger partial charge is 0.505 e. The third-order valence-corrected chi connectivity index (χ3v) is 7.54. The van der Waals surface area contributed by atoms with Crippen molar-refractivity contribution in [2.45, 2.75) is 22.6 Å². The third kappa shape index (κ3) is 3.51. The molecule has 1 aliphatic carbocycles. The number of hydrogen-bond donors (Lipinski definition) is 1. The van der Waals surface area contributed by atoms with Gasteiger partial charge in [-0.05, 0) is 54.8 Å². The summed E-state index contributed by atoms with van der Waals surface area (Å²) in [7, 11) is 1.57. The maximum absolute atomic E-state index is 14.0. The molecule has 0 saturated heterocycles. The Kier molecular flexibility index (Phi) is 5.42. The molecule has 0 amide bonds. The quantitative estimate of drug-likeness (QED) is 0.351. The van der Waals surface area contributed by atoms with Gasteiger partial charge in [-0.25, -0.2) is 4.79 Å². The summed E-state index contributed by atoms with van der Waals surface area (Å²) in [5, 5.41) is 11.3. The molecule has 2 heterocycles. The van der Waals surface area contributed by atoms with Crippen LogP contribution in [0, 0.1) is 0 Å². The zero-order valence-electron chi connectivity index (χ0n) is 19.4. The number of aromatic hydroxyl groups is 1. The van der Waals surface area contributed by atoms with Crippen LogP contribution in [0.25, 0.3) is 27.9 Å². The molecule has 0 aliphatic heterocycles. The number of fused-ring (bicyclic) bond motifs is 5. The summed E-state index contributed by atoms with van der Waals surface area (Å²) in [5.41, 5.74) is 3.17. The van der Waals surface area contributed by atoms with Crippen molar-refractivity contribution in [3.63, 3.8) is 0 Å². The first kappa shape index (κ1) is 22.2. The van der Waals surface area contributed by atoms with Crippen LogP contribution in [-0.4, -0.2) is 16.8 Å². The Labute approximate surface area is 210 Å². The summed E-state index contributed by atoms with van der Waals surface area (Å²) in [5.74, 6) is 0.310. The second-order valence-electron chi connectivity index (χ2n) is 8.51. The first-order valence-corrected chi connectivity index (χ1v) is 12.3. The third-order valence-electron chi connectivity index (χ3n) is 6.47. The van der Waals surface area contributed by atoms with Crippen molar-refractivity contribution in [3.05, 3.63) is 111 Å². The van der Waals surface area contributed by atoms with Gasteiger partial charge in [-0.15, -0.1) is 0 Å². The second kappa shape index (κ2) is 8.77. The molecule has 178 valence electrons. The van der Waals surface area contributed by atoms with Gasteiger partial charge in [0.05, 0.1) is 12.8 Å². The molecule has 0 unspecified atom stereocenters. The van der Waals surface area contributed by atoms with Crippen molar-refractivity contribution < 1.29 is 14.3 Å². The molecule has 0 spiro atoms. The van der Waals surface area contributed by atoms with E-state index < -0.39 is 11.2 Å². The van der Waals surface area contributed by atoms with Crippen LogP contribution < -0.4 is 15.9 Å². The smallest absolute Gasteiger partial charge is 0.354 e. The second-order valence-corrected chi connectivity index (χ2v) is 9.59. The Morgan fingerprint density at radius 3 is 2.39 bits per heavy atom. The van der Waals surface area contributed by atoms with Gasteiger partial charge in [-0.1, -0.05) is 54.2 Å². The molecule has 6 rings (SSSR count). The van der Waals surface area contributed by atoms with Gasteiger partial charge < -0.3 is 14.3 Å². The molecule has 1 aliphatic rings. The molecule has 5 aromatic rings.